The summed E-state index contributed by atoms with van der Waals surface area (Å²) in [4.78, 5) is 7.49. The van der Waals surface area contributed by atoms with Crippen molar-refractivity contribution < 1.29 is 9.47 Å². The van der Waals surface area contributed by atoms with Gasteiger partial charge in [0.05, 0.1) is 6.61 Å². The highest BCUT2D eigenvalue weighted by Crippen LogP contribution is 1.95. The number of methoxy groups -OCH3 is 1. The Balaban J connectivity index is 3.72. The number of nitrogens with zero attached hydrogens (tertiary/aromatic N) is 2. The minimum atomic E-state index is 0.175. The number of rotatable bonds is 8. The van der Waals surface area contributed by atoms with E-state index in [1.165, 1.54) is 6.20 Å². The van der Waals surface area contributed by atoms with Crippen molar-refractivity contribution >= 4 is 24.2 Å². The minimum Gasteiger partial charge on any atom is -0.478 e. The third-order valence-corrected chi connectivity index (χ3v) is 1.65. The van der Waals surface area contributed by atoms with Gasteiger partial charge in [-0.2, -0.15) is 0 Å². The molecule has 0 aromatic heterocycles. The van der Waals surface area contributed by atoms with Gasteiger partial charge in [-0.15, -0.1) is 11.6 Å². The lowest BCUT2D eigenvalue weighted by Gasteiger charge is -2.04. The second kappa shape index (κ2) is 11.2. The molecule has 86 valence electrons. The van der Waals surface area contributed by atoms with Gasteiger partial charge in [0.2, 0.25) is 5.90 Å². The normalized spacial score (nSPS) is 12.0. The summed E-state index contributed by atoms with van der Waals surface area (Å²) in [5.74, 6) is 0.481. The van der Waals surface area contributed by atoms with Crippen molar-refractivity contribution in [3.63, 3.8) is 0 Å². The number of aliphatic imine (C=N–C) groups is 2. The monoisotopic (exact) mass is 232 g/mol. The zero-order valence-electron chi connectivity index (χ0n) is 8.99. The highest BCUT2D eigenvalue weighted by molar-refractivity contribution is 6.18. The largest absolute Gasteiger partial charge is 0.478 e. The molecule has 0 saturated heterocycles. The van der Waals surface area contributed by atoms with Gasteiger partial charge in [0.1, 0.15) is 6.00 Å². The molecule has 0 aromatic carbocycles. The summed E-state index contributed by atoms with van der Waals surface area (Å²) in [6.07, 6.45) is 5.03. The summed E-state index contributed by atoms with van der Waals surface area (Å²) in [6.45, 7) is 4.66. The standard InChI is InChI=1S/C10H17ClN2O2/c1-12-6-5-10(13-9-11)15-8-4-3-7-14-2/h5-6H,1,3-4,7-9H2,2H3/b6-5-,13-10?. The van der Waals surface area contributed by atoms with Crippen LogP contribution in [-0.2, 0) is 9.47 Å². The smallest absolute Gasteiger partial charge is 0.211 e. The van der Waals surface area contributed by atoms with E-state index in [-0.39, 0.29) is 6.00 Å². The molecule has 0 spiro atoms. The maximum Gasteiger partial charge on any atom is 0.211 e. The molecule has 0 aliphatic heterocycles. The van der Waals surface area contributed by atoms with Crippen molar-refractivity contribution in [3.8, 4) is 0 Å². The number of hydrogen-bond acceptors (Lipinski definition) is 4. The fraction of sp³-hybridized carbons (Fsp3) is 0.600. The van der Waals surface area contributed by atoms with Crippen LogP contribution in [0.25, 0.3) is 0 Å². The average Bonchev–Trinajstić information content (AvgIpc) is 2.25. The van der Waals surface area contributed by atoms with Gasteiger partial charge in [-0.05, 0) is 19.6 Å². The molecule has 0 amide bonds. The van der Waals surface area contributed by atoms with Crippen LogP contribution in [0.15, 0.2) is 22.3 Å². The number of ether oxygens (including phenoxy) is 2. The zero-order chi connectivity index (χ0) is 11.4. The Hall–Kier alpha value is -0.870. The van der Waals surface area contributed by atoms with Crippen molar-refractivity contribution in [1.29, 1.82) is 0 Å². The first-order valence-corrected chi connectivity index (χ1v) is 5.23. The Labute approximate surface area is 95.7 Å². The molecular weight excluding hydrogens is 216 g/mol. The molecule has 0 N–H and O–H groups in total. The van der Waals surface area contributed by atoms with Gasteiger partial charge in [0.25, 0.3) is 0 Å². The fourth-order valence-electron chi connectivity index (χ4n) is 0.847. The topological polar surface area (TPSA) is 43.2 Å². The number of hydrogen-bond donors (Lipinski definition) is 0. The van der Waals surface area contributed by atoms with Crippen LogP contribution in [0, 0.1) is 0 Å². The van der Waals surface area contributed by atoms with Gasteiger partial charge in [-0.1, -0.05) is 0 Å². The molecule has 0 saturated carbocycles. The summed E-state index contributed by atoms with van der Waals surface area (Å²) in [5, 5.41) is 0. The Morgan fingerprint density at radius 1 is 1.40 bits per heavy atom. The molecule has 15 heavy (non-hydrogen) atoms. The van der Waals surface area contributed by atoms with Crippen LogP contribution in [0.1, 0.15) is 12.8 Å². The zero-order valence-corrected chi connectivity index (χ0v) is 9.74. The van der Waals surface area contributed by atoms with Crippen LogP contribution in [0.4, 0.5) is 0 Å². The van der Waals surface area contributed by atoms with Gasteiger partial charge in [-0.3, -0.25) is 4.99 Å². The second-order valence-electron chi connectivity index (χ2n) is 2.66. The van der Waals surface area contributed by atoms with E-state index in [0.717, 1.165) is 19.4 Å². The summed E-state index contributed by atoms with van der Waals surface area (Å²) in [5.41, 5.74) is 0. The molecule has 0 fully saturated rings. The van der Waals surface area contributed by atoms with Crippen LogP contribution < -0.4 is 0 Å². The molecule has 0 rings (SSSR count). The quantitative estimate of drug-likeness (QED) is 0.212. The maximum absolute atomic E-state index is 5.47. The van der Waals surface area contributed by atoms with E-state index in [1.807, 2.05) is 0 Å². The lowest BCUT2D eigenvalue weighted by molar-refractivity contribution is 0.183. The lowest BCUT2D eigenvalue weighted by atomic mass is 10.3. The lowest BCUT2D eigenvalue weighted by Crippen LogP contribution is -2.04. The molecule has 0 aromatic rings. The van der Waals surface area contributed by atoms with Crippen molar-refractivity contribution in [1.82, 2.24) is 0 Å². The Bertz CT molecular complexity index is 217. The molecule has 0 heterocycles. The Morgan fingerprint density at radius 3 is 2.73 bits per heavy atom. The second-order valence-corrected chi connectivity index (χ2v) is 2.90. The Morgan fingerprint density at radius 2 is 2.13 bits per heavy atom. The molecule has 0 aliphatic carbocycles. The third-order valence-electron chi connectivity index (χ3n) is 1.53. The summed E-state index contributed by atoms with van der Waals surface area (Å²) < 4.78 is 10.3. The highest BCUT2D eigenvalue weighted by atomic mass is 35.5. The van der Waals surface area contributed by atoms with Crippen molar-refractivity contribution in [3.05, 3.63) is 12.3 Å². The summed E-state index contributed by atoms with van der Waals surface area (Å²) >= 11 is 5.47. The summed E-state index contributed by atoms with van der Waals surface area (Å²) in [7, 11) is 1.68. The van der Waals surface area contributed by atoms with Gasteiger partial charge in [0.15, 0.2) is 0 Å². The number of alkyl halides is 1. The van der Waals surface area contributed by atoms with E-state index < -0.39 is 0 Å². The van der Waals surface area contributed by atoms with Gasteiger partial charge >= 0.3 is 0 Å². The maximum atomic E-state index is 5.47. The molecule has 0 bridgehead atoms. The fourth-order valence-corrected chi connectivity index (χ4v) is 0.965. The van der Waals surface area contributed by atoms with E-state index in [4.69, 9.17) is 21.1 Å². The molecular formula is C10H17ClN2O2. The van der Waals surface area contributed by atoms with Gasteiger partial charge < -0.3 is 9.47 Å². The van der Waals surface area contributed by atoms with Crippen molar-refractivity contribution in [2.75, 3.05) is 26.3 Å². The SMILES string of the molecule is C=N/C=C\C(=NCCl)OCCCCOC. The number of unbranched alkanes of at least 4 members (excludes halogenated alkanes) is 1. The first-order valence-electron chi connectivity index (χ1n) is 4.69. The molecule has 0 unspecified atom stereocenters. The predicted molar refractivity (Wildman–Crippen MR) is 63.9 cm³/mol. The van der Waals surface area contributed by atoms with E-state index in [9.17, 15) is 0 Å². The summed E-state index contributed by atoms with van der Waals surface area (Å²) in [6, 6.07) is 0.175. The van der Waals surface area contributed by atoms with Gasteiger partial charge in [0, 0.05) is 26.0 Å². The van der Waals surface area contributed by atoms with Crippen LogP contribution >= 0.6 is 11.6 Å². The predicted octanol–water partition coefficient (Wildman–Crippen LogP) is 2.24. The number of halogens is 1. The van der Waals surface area contributed by atoms with Gasteiger partial charge in [-0.25, -0.2) is 4.99 Å². The molecule has 4 nitrogen and oxygen atoms in total. The molecule has 0 radical (unpaired) electrons. The van der Waals surface area contributed by atoms with E-state index in [0.29, 0.717) is 12.5 Å². The van der Waals surface area contributed by atoms with E-state index in [2.05, 4.69) is 16.7 Å². The third kappa shape index (κ3) is 9.43. The van der Waals surface area contributed by atoms with Crippen molar-refractivity contribution in [2.45, 2.75) is 12.8 Å². The minimum absolute atomic E-state index is 0.175. The first kappa shape index (κ1) is 14.1. The van der Waals surface area contributed by atoms with E-state index in [1.54, 1.807) is 13.2 Å². The van der Waals surface area contributed by atoms with E-state index >= 15 is 0 Å². The van der Waals surface area contributed by atoms with Crippen LogP contribution in [0.3, 0.4) is 0 Å². The van der Waals surface area contributed by atoms with Crippen LogP contribution in [-0.4, -0.2) is 38.9 Å². The molecule has 5 heteroatoms. The first-order chi connectivity index (χ1) is 7.35. The van der Waals surface area contributed by atoms with Crippen LogP contribution in [0.5, 0.6) is 0 Å². The highest BCUT2D eigenvalue weighted by Gasteiger charge is 1.94. The Kier molecular flexibility index (Phi) is 10.6. The molecule has 0 aliphatic rings. The average molecular weight is 233 g/mol. The molecule has 0 atom stereocenters. The van der Waals surface area contributed by atoms with Crippen LogP contribution in [0.2, 0.25) is 0 Å². The van der Waals surface area contributed by atoms with Crippen molar-refractivity contribution in [2.24, 2.45) is 9.98 Å².